The summed E-state index contributed by atoms with van der Waals surface area (Å²) in [7, 11) is 0. The van der Waals surface area contributed by atoms with Crippen molar-refractivity contribution in [1.29, 1.82) is 5.26 Å². The average Bonchev–Trinajstić information content (AvgIpc) is 3.89. The van der Waals surface area contributed by atoms with Gasteiger partial charge in [0, 0.05) is 31.2 Å². The fraction of sp³-hybridized carbons (Fsp3) is 0.250. The number of nitriles is 1. The summed E-state index contributed by atoms with van der Waals surface area (Å²) < 4.78 is 10.2. The van der Waals surface area contributed by atoms with Crippen molar-refractivity contribution in [3.63, 3.8) is 0 Å². The minimum Gasteiger partial charge on any atom is -0.486 e. The summed E-state index contributed by atoms with van der Waals surface area (Å²) in [6.07, 6.45) is 8.22. The molecule has 0 N–H and O–H groups in total. The Morgan fingerprint density at radius 1 is 0.768 bits per heavy atom. The number of pyridine rings is 3. The van der Waals surface area contributed by atoms with Crippen molar-refractivity contribution >= 4 is 61.5 Å². The van der Waals surface area contributed by atoms with Crippen LogP contribution in [0.3, 0.4) is 0 Å². The predicted molar refractivity (Wildman–Crippen MR) is 283 cm³/mol. The average molecular weight is 1140 g/mol. The van der Waals surface area contributed by atoms with Gasteiger partial charge in [-0.1, -0.05) is 76.2 Å². The summed E-state index contributed by atoms with van der Waals surface area (Å²) in [6, 6.07) is 45.5. The van der Waals surface area contributed by atoms with Gasteiger partial charge < -0.3 is 14.0 Å². The van der Waals surface area contributed by atoms with Gasteiger partial charge in [0.1, 0.15) is 11.8 Å². The number of fused-ring (bicyclic) bond motifs is 5. The van der Waals surface area contributed by atoms with E-state index >= 15 is 0 Å². The molecule has 1 radical (unpaired) electrons. The molecule has 10 aromatic rings. The van der Waals surface area contributed by atoms with Crippen LogP contribution in [0.4, 0.5) is 0 Å². The normalized spacial score (nSPS) is 11.9. The summed E-state index contributed by atoms with van der Waals surface area (Å²) in [4.78, 5) is 19.0. The van der Waals surface area contributed by atoms with Gasteiger partial charge in [0.2, 0.25) is 5.71 Å². The zero-order chi connectivity index (χ0) is 48.1. The molecule has 0 atom stereocenters. The fourth-order valence-electron chi connectivity index (χ4n) is 9.36. The number of hydrogen-bond donors (Lipinski definition) is 0. The smallest absolute Gasteiger partial charge is 0.217 e. The van der Waals surface area contributed by atoms with Crippen LogP contribution in [0.1, 0.15) is 88.2 Å². The number of furan rings is 1. The van der Waals surface area contributed by atoms with E-state index in [2.05, 4.69) is 191 Å². The van der Waals surface area contributed by atoms with Crippen LogP contribution in [0.15, 0.2) is 132 Å². The minimum atomic E-state index is -1.90. The Kier molecular flexibility index (Phi) is 14.0. The molecule has 0 fully saturated rings. The van der Waals surface area contributed by atoms with Crippen LogP contribution < -0.4 is 4.40 Å². The zero-order valence-electron chi connectivity index (χ0n) is 41.4. The van der Waals surface area contributed by atoms with Gasteiger partial charge in [-0.05, 0) is 117 Å². The molecule has 0 aliphatic carbocycles. The van der Waals surface area contributed by atoms with Gasteiger partial charge in [-0.2, -0.15) is 5.26 Å². The summed E-state index contributed by atoms with van der Waals surface area (Å²) in [5.41, 5.74) is 14.9. The quantitative estimate of drug-likeness (QED) is 0.111. The molecule has 0 saturated heterocycles. The number of benzene rings is 5. The fourth-order valence-corrected chi connectivity index (χ4v) is 12.7. The van der Waals surface area contributed by atoms with Crippen LogP contribution in [-0.2, 0) is 26.5 Å². The Morgan fingerprint density at radius 3 is 2.16 bits per heavy atom. The van der Waals surface area contributed by atoms with Crippen LogP contribution in [0.5, 0.6) is 0 Å². The SMILES string of the molecule is CC(C)(C)Cc1cc(-c2[c-]cccc2)nc[c]1[Ge]([CH3])([CH3])[CH3].Cc1cccc2nc(-c3[c-]ncc4c3oc3nc(C#N)ccc34)n(-c3c(C(C)C)cc(-c4ccc5ccccc5c4)cc3C(C)C)c12.[Ir]. The second-order valence-corrected chi connectivity index (χ2v) is 31.4. The number of hydrogen-bond acceptors (Lipinski definition) is 6. The van der Waals surface area contributed by atoms with Crippen LogP contribution >= 0.6 is 0 Å². The van der Waals surface area contributed by atoms with E-state index in [-0.39, 0.29) is 31.9 Å². The van der Waals surface area contributed by atoms with Crippen LogP contribution in [-0.4, -0.2) is 37.8 Å². The summed E-state index contributed by atoms with van der Waals surface area (Å²) in [5, 5.41) is 13.5. The molecule has 0 unspecified atom stereocenters. The maximum Gasteiger partial charge on any atom is 0.217 e. The van der Waals surface area contributed by atoms with Gasteiger partial charge in [-0.15, -0.1) is 0 Å². The molecular formula is C60H58GeIrN6O-2. The topological polar surface area (TPSA) is 93.4 Å². The molecule has 5 aromatic heterocycles. The first-order valence-electron chi connectivity index (χ1n) is 23.6. The van der Waals surface area contributed by atoms with E-state index < -0.39 is 13.3 Å². The molecule has 7 nitrogen and oxygen atoms in total. The number of nitrogens with zero attached hydrogens (tertiary/aromatic N) is 6. The van der Waals surface area contributed by atoms with Gasteiger partial charge in [-0.3, -0.25) is 4.98 Å². The zero-order valence-corrected chi connectivity index (χ0v) is 45.9. The maximum atomic E-state index is 9.47. The van der Waals surface area contributed by atoms with Gasteiger partial charge in [0.25, 0.3) is 0 Å². The summed E-state index contributed by atoms with van der Waals surface area (Å²) in [5.74, 6) is 8.46. The Labute approximate surface area is 422 Å². The first-order valence-corrected chi connectivity index (χ1v) is 31.0. The number of para-hydroxylation sites is 1. The molecule has 69 heavy (non-hydrogen) atoms. The Bertz CT molecular complexity index is 3520. The van der Waals surface area contributed by atoms with Crippen LogP contribution in [0.2, 0.25) is 17.3 Å². The summed E-state index contributed by atoms with van der Waals surface area (Å²) >= 11 is -1.90. The molecule has 0 bridgehead atoms. The standard InChI is InChI=1S/C41H32N5O.C19H26GeN.Ir/c1-23(2)32-18-29(28-14-13-26-10-6-7-11-27(26)17-28)19-33(24(3)4)38(32)46-37-25(5)9-8-12-36(37)45-40(46)35-22-43-21-34-31-16-15-30(20-42)44-41(31)47-39(34)35;1-19(2,3)13-16-12-18(15-10-8-7-9-11-15)21-14-17(16)20(4,5)6;/h6-19,21,23-24H,1-5H3;7-10,12,14H,13H2,1-6H3;/q2*-1;. The third-order valence-electron chi connectivity index (χ3n) is 12.6. The van der Waals surface area contributed by atoms with E-state index in [1.54, 1.807) is 12.3 Å². The number of aromatic nitrogens is 5. The van der Waals surface area contributed by atoms with E-state index in [0.29, 0.717) is 33.8 Å². The van der Waals surface area contributed by atoms with Gasteiger partial charge >= 0.3 is 132 Å². The molecule has 0 amide bonds. The van der Waals surface area contributed by atoms with Crippen molar-refractivity contribution < 1.29 is 24.5 Å². The summed E-state index contributed by atoms with van der Waals surface area (Å²) in [6.45, 7) is 18.1. The first-order chi connectivity index (χ1) is 32.5. The molecule has 0 spiro atoms. The van der Waals surface area contributed by atoms with Crippen LogP contribution in [0, 0.1) is 35.9 Å². The largest absolute Gasteiger partial charge is 0.486 e. The molecule has 10 rings (SSSR count). The Balaban J connectivity index is 0.000000246. The molecule has 5 heterocycles. The minimum absolute atomic E-state index is 0. The van der Waals surface area contributed by atoms with Crippen molar-refractivity contribution in [3.05, 3.63) is 168 Å². The maximum absolute atomic E-state index is 9.47. The predicted octanol–water partition coefficient (Wildman–Crippen LogP) is 15.1. The second-order valence-electron chi connectivity index (χ2n) is 20.8. The van der Waals surface area contributed by atoms with E-state index in [0.717, 1.165) is 50.7 Å². The molecule has 0 saturated carbocycles. The van der Waals surface area contributed by atoms with Crippen molar-refractivity contribution in [1.82, 2.24) is 24.5 Å². The second kappa shape index (κ2) is 19.6. The molecule has 9 heteroatoms. The van der Waals surface area contributed by atoms with Crippen molar-refractivity contribution in [3.8, 4) is 45.5 Å². The monoisotopic (exact) mass is 1150 g/mol. The van der Waals surface area contributed by atoms with Crippen molar-refractivity contribution in [2.45, 2.75) is 90.9 Å². The Morgan fingerprint density at radius 2 is 1.49 bits per heavy atom. The van der Waals surface area contributed by atoms with E-state index in [1.807, 2.05) is 30.3 Å². The van der Waals surface area contributed by atoms with Gasteiger partial charge in [0.05, 0.1) is 22.4 Å². The van der Waals surface area contributed by atoms with Crippen molar-refractivity contribution in [2.75, 3.05) is 0 Å². The third-order valence-corrected chi connectivity index (χ3v) is 17.0. The third kappa shape index (κ3) is 9.97. The van der Waals surface area contributed by atoms with Crippen LogP contribution in [0.25, 0.3) is 83.3 Å². The molecule has 0 aliphatic rings. The number of rotatable bonds is 8. The first kappa shape index (κ1) is 49.2. The molecule has 0 aliphatic heterocycles. The molecular weight excluding hydrogens is 1090 g/mol. The molecule has 5 aromatic carbocycles. The number of imidazole rings is 1. The van der Waals surface area contributed by atoms with Gasteiger partial charge in [0.15, 0.2) is 0 Å². The van der Waals surface area contributed by atoms with E-state index in [1.165, 1.54) is 43.0 Å². The van der Waals surface area contributed by atoms with E-state index in [9.17, 15) is 5.26 Å². The van der Waals surface area contributed by atoms with Crippen molar-refractivity contribution in [2.24, 2.45) is 5.41 Å². The van der Waals surface area contributed by atoms with Gasteiger partial charge in [-0.25, -0.2) is 4.98 Å². The molecule has 349 valence electrons. The number of aryl methyl sites for hydroxylation is 1. The Hall–Kier alpha value is -6.24. The van der Waals surface area contributed by atoms with E-state index in [4.69, 9.17) is 14.4 Å².